The molecule has 3 aromatic rings. The molecule has 5 heteroatoms. The van der Waals surface area contributed by atoms with Crippen LogP contribution in [0.25, 0.3) is 11.0 Å². The van der Waals surface area contributed by atoms with Gasteiger partial charge in [0.2, 0.25) is 0 Å². The highest BCUT2D eigenvalue weighted by atomic mass is 79.9. The molecule has 0 aliphatic carbocycles. The molecule has 2 nitrogen and oxygen atoms in total. The van der Waals surface area contributed by atoms with Crippen LogP contribution >= 0.6 is 15.9 Å². The first kappa shape index (κ1) is 14.2. The van der Waals surface area contributed by atoms with Gasteiger partial charge in [-0.05, 0) is 31.2 Å². The van der Waals surface area contributed by atoms with Crippen LogP contribution in [-0.2, 0) is 0 Å². The van der Waals surface area contributed by atoms with Crippen molar-refractivity contribution < 1.29 is 13.2 Å². The minimum Gasteiger partial charge on any atom is -0.459 e. The third-order valence-corrected chi connectivity index (χ3v) is 4.01. The molecule has 2 N–H and O–H groups in total. The maximum absolute atomic E-state index is 13.9. The molecule has 0 radical (unpaired) electrons. The fourth-order valence-corrected chi connectivity index (χ4v) is 2.75. The molecule has 108 valence electrons. The maximum atomic E-state index is 13.9. The van der Waals surface area contributed by atoms with Gasteiger partial charge in [-0.3, -0.25) is 0 Å². The lowest BCUT2D eigenvalue weighted by molar-refractivity contribution is 0.502. The minimum atomic E-state index is -0.781. The number of nitrogens with two attached hydrogens (primary N) is 1. The molecule has 2 aromatic carbocycles. The van der Waals surface area contributed by atoms with E-state index in [-0.39, 0.29) is 5.56 Å². The summed E-state index contributed by atoms with van der Waals surface area (Å²) in [6.07, 6.45) is 0. The second kappa shape index (κ2) is 5.24. The minimum absolute atomic E-state index is 0.206. The van der Waals surface area contributed by atoms with Crippen LogP contribution in [0.3, 0.4) is 0 Å². The van der Waals surface area contributed by atoms with Crippen molar-refractivity contribution in [1.29, 1.82) is 0 Å². The van der Waals surface area contributed by atoms with E-state index in [1.54, 1.807) is 0 Å². The normalized spacial score (nSPS) is 12.8. The number of hydrogen-bond acceptors (Lipinski definition) is 2. The zero-order chi connectivity index (χ0) is 15.1. The molecule has 1 atom stereocenters. The Morgan fingerprint density at radius 1 is 1.14 bits per heavy atom. The van der Waals surface area contributed by atoms with Gasteiger partial charge in [0.15, 0.2) is 0 Å². The Morgan fingerprint density at radius 3 is 2.62 bits per heavy atom. The van der Waals surface area contributed by atoms with Crippen LogP contribution in [0.4, 0.5) is 8.78 Å². The van der Waals surface area contributed by atoms with E-state index in [9.17, 15) is 8.78 Å². The molecule has 1 unspecified atom stereocenters. The third kappa shape index (κ3) is 2.47. The Kier molecular flexibility index (Phi) is 3.55. The highest BCUT2D eigenvalue weighted by Gasteiger charge is 2.21. The molecule has 0 fully saturated rings. The van der Waals surface area contributed by atoms with Crippen LogP contribution < -0.4 is 5.73 Å². The van der Waals surface area contributed by atoms with E-state index in [2.05, 4.69) is 15.9 Å². The van der Waals surface area contributed by atoms with Gasteiger partial charge < -0.3 is 10.2 Å². The summed E-state index contributed by atoms with van der Waals surface area (Å²) in [7, 11) is 0. The SMILES string of the molecule is Cc1c(C(N)c2ccc(F)cc2F)oc2cc(Br)ccc12. The van der Waals surface area contributed by atoms with Gasteiger partial charge >= 0.3 is 0 Å². The molecule has 0 aliphatic heterocycles. The number of furan rings is 1. The zero-order valence-electron chi connectivity index (χ0n) is 11.2. The number of rotatable bonds is 2. The first-order chi connectivity index (χ1) is 9.97. The monoisotopic (exact) mass is 351 g/mol. The van der Waals surface area contributed by atoms with Crippen molar-refractivity contribution in [1.82, 2.24) is 0 Å². The number of halogens is 3. The molecular formula is C16H12BrF2NO. The van der Waals surface area contributed by atoms with Crippen molar-refractivity contribution in [2.24, 2.45) is 5.73 Å². The van der Waals surface area contributed by atoms with Crippen LogP contribution in [0.5, 0.6) is 0 Å². The predicted molar refractivity (Wildman–Crippen MR) is 81.0 cm³/mol. The van der Waals surface area contributed by atoms with Gasteiger partial charge in [0, 0.05) is 27.1 Å². The van der Waals surface area contributed by atoms with Crippen LogP contribution in [-0.4, -0.2) is 0 Å². The molecule has 0 saturated carbocycles. The average molecular weight is 352 g/mol. The van der Waals surface area contributed by atoms with Gasteiger partial charge in [-0.2, -0.15) is 0 Å². The third-order valence-electron chi connectivity index (χ3n) is 3.52. The molecule has 0 saturated heterocycles. The van der Waals surface area contributed by atoms with Crippen molar-refractivity contribution in [3.8, 4) is 0 Å². The lowest BCUT2D eigenvalue weighted by Gasteiger charge is -2.11. The zero-order valence-corrected chi connectivity index (χ0v) is 12.7. The first-order valence-corrected chi connectivity index (χ1v) is 7.15. The van der Waals surface area contributed by atoms with E-state index in [0.717, 1.165) is 21.5 Å². The summed E-state index contributed by atoms with van der Waals surface area (Å²) in [5, 5.41) is 0.922. The Balaban J connectivity index is 2.13. The molecule has 0 bridgehead atoms. The van der Waals surface area contributed by atoms with Crippen molar-refractivity contribution in [3.63, 3.8) is 0 Å². The van der Waals surface area contributed by atoms with Crippen molar-refractivity contribution in [2.75, 3.05) is 0 Å². The van der Waals surface area contributed by atoms with Gasteiger partial charge in [0.05, 0.1) is 6.04 Å². The van der Waals surface area contributed by atoms with E-state index in [1.807, 2.05) is 25.1 Å². The summed E-state index contributed by atoms with van der Waals surface area (Å²) >= 11 is 3.37. The lowest BCUT2D eigenvalue weighted by Crippen LogP contribution is -2.14. The number of hydrogen-bond donors (Lipinski definition) is 1. The van der Waals surface area contributed by atoms with Crippen molar-refractivity contribution in [3.05, 3.63) is 69.4 Å². The van der Waals surface area contributed by atoms with Gasteiger partial charge in [-0.25, -0.2) is 8.78 Å². The number of fused-ring (bicyclic) bond motifs is 1. The van der Waals surface area contributed by atoms with Crippen LogP contribution in [0.2, 0.25) is 0 Å². The predicted octanol–water partition coefficient (Wildman–Crippen LogP) is 4.83. The summed E-state index contributed by atoms with van der Waals surface area (Å²) in [6, 6.07) is 8.22. The van der Waals surface area contributed by atoms with Crippen LogP contribution in [0.1, 0.15) is 22.9 Å². The summed E-state index contributed by atoms with van der Waals surface area (Å²) in [6.45, 7) is 1.87. The first-order valence-electron chi connectivity index (χ1n) is 6.36. The summed E-state index contributed by atoms with van der Waals surface area (Å²) in [5.41, 5.74) is 7.84. The van der Waals surface area contributed by atoms with Gasteiger partial charge in [0.1, 0.15) is 23.0 Å². The fraction of sp³-hybridized carbons (Fsp3) is 0.125. The van der Waals surface area contributed by atoms with E-state index in [0.29, 0.717) is 11.3 Å². The molecular weight excluding hydrogens is 340 g/mol. The second-order valence-electron chi connectivity index (χ2n) is 4.88. The van der Waals surface area contributed by atoms with E-state index >= 15 is 0 Å². The van der Waals surface area contributed by atoms with Crippen molar-refractivity contribution >= 4 is 26.9 Å². The number of benzene rings is 2. The summed E-state index contributed by atoms with van der Waals surface area (Å²) < 4.78 is 33.5. The molecule has 0 spiro atoms. The largest absolute Gasteiger partial charge is 0.459 e. The van der Waals surface area contributed by atoms with E-state index in [4.69, 9.17) is 10.2 Å². The Morgan fingerprint density at radius 2 is 1.90 bits per heavy atom. The van der Waals surface area contributed by atoms with E-state index in [1.165, 1.54) is 12.1 Å². The number of aryl methyl sites for hydroxylation is 1. The molecule has 1 aromatic heterocycles. The Bertz CT molecular complexity index is 829. The Hall–Kier alpha value is -1.72. The molecule has 0 amide bonds. The molecule has 21 heavy (non-hydrogen) atoms. The fourth-order valence-electron chi connectivity index (χ4n) is 2.41. The highest BCUT2D eigenvalue weighted by molar-refractivity contribution is 9.10. The van der Waals surface area contributed by atoms with Crippen molar-refractivity contribution in [2.45, 2.75) is 13.0 Å². The van der Waals surface area contributed by atoms with E-state index < -0.39 is 17.7 Å². The molecule has 0 aliphatic rings. The van der Waals surface area contributed by atoms with Gasteiger partial charge in [-0.15, -0.1) is 0 Å². The van der Waals surface area contributed by atoms with Crippen LogP contribution in [0.15, 0.2) is 45.3 Å². The maximum Gasteiger partial charge on any atom is 0.135 e. The average Bonchev–Trinajstić information content (AvgIpc) is 2.75. The lowest BCUT2D eigenvalue weighted by atomic mass is 10.0. The Labute approximate surface area is 128 Å². The highest BCUT2D eigenvalue weighted by Crippen LogP contribution is 2.33. The van der Waals surface area contributed by atoms with Gasteiger partial charge in [0.25, 0.3) is 0 Å². The summed E-state index contributed by atoms with van der Waals surface area (Å²) in [4.78, 5) is 0. The quantitative estimate of drug-likeness (QED) is 0.718. The second-order valence-corrected chi connectivity index (χ2v) is 5.79. The topological polar surface area (TPSA) is 39.2 Å². The molecule has 3 rings (SSSR count). The van der Waals surface area contributed by atoms with Crippen LogP contribution in [0, 0.1) is 18.6 Å². The summed E-state index contributed by atoms with van der Waals surface area (Å²) in [5.74, 6) is -0.828. The van der Waals surface area contributed by atoms with Gasteiger partial charge in [-0.1, -0.05) is 22.0 Å². The smallest absolute Gasteiger partial charge is 0.135 e. The standard InChI is InChI=1S/C16H12BrF2NO/c1-8-11-4-2-9(17)6-14(11)21-16(8)15(20)12-5-3-10(18)7-13(12)19/h2-7,15H,20H2,1H3. The molecule has 1 heterocycles.